The summed E-state index contributed by atoms with van der Waals surface area (Å²) in [5.74, 6) is -0.495. The number of hydrogen-bond acceptors (Lipinski definition) is 3. The number of nitrogens with one attached hydrogen (secondary N) is 1. The molecule has 0 radical (unpaired) electrons. The van der Waals surface area contributed by atoms with Crippen LogP contribution in [0.5, 0.6) is 0 Å². The van der Waals surface area contributed by atoms with Crippen molar-refractivity contribution in [3.63, 3.8) is 0 Å². The first-order valence-electron chi connectivity index (χ1n) is 8.41. The van der Waals surface area contributed by atoms with E-state index in [-0.39, 0.29) is 23.4 Å². The lowest BCUT2D eigenvalue weighted by Crippen LogP contribution is -2.36. The number of benzene rings is 1. The van der Waals surface area contributed by atoms with Gasteiger partial charge in [0.05, 0.1) is 4.90 Å². The zero-order chi connectivity index (χ0) is 17.6. The summed E-state index contributed by atoms with van der Waals surface area (Å²) in [6, 6.07) is 5.01. The highest BCUT2D eigenvalue weighted by atomic mass is 32.2. The van der Waals surface area contributed by atoms with E-state index < -0.39 is 15.8 Å². The minimum atomic E-state index is -3.65. The molecule has 0 aliphatic heterocycles. The lowest BCUT2D eigenvalue weighted by molar-refractivity contribution is -0.122. The molecule has 7 heteroatoms. The van der Waals surface area contributed by atoms with Crippen molar-refractivity contribution in [2.24, 2.45) is 0 Å². The summed E-state index contributed by atoms with van der Waals surface area (Å²) in [6.07, 6.45) is 6.37. The molecule has 0 heterocycles. The van der Waals surface area contributed by atoms with Gasteiger partial charge in [-0.3, -0.25) is 4.79 Å². The van der Waals surface area contributed by atoms with E-state index in [0.29, 0.717) is 12.8 Å². The number of amides is 1. The maximum Gasteiger partial charge on any atom is 0.242 e. The predicted octanol–water partition coefficient (Wildman–Crippen LogP) is 2.68. The Morgan fingerprint density at radius 1 is 1.21 bits per heavy atom. The van der Waals surface area contributed by atoms with Crippen molar-refractivity contribution in [2.45, 2.75) is 55.9 Å². The van der Waals surface area contributed by atoms with Gasteiger partial charge in [-0.25, -0.2) is 17.1 Å². The summed E-state index contributed by atoms with van der Waals surface area (Å²) >= 11 is 0. The van der Waals surface area contributed by atoms with Crippen molar-refractivity contribution in [3.05, 3.63) is 30.1 Å². The number of sulfonamides is 1. The number of nitrogens with zero attached hydrogens (tertiary/aromatic N) is 1. The molecule has 0 bridgehead atoms. The first kappa shape index (κ1) is 18.9. The van der Waals surface area contributed by atoms with Gasteiger partial charge in [-0.1, -0.05) is 19.3 Å². The smallest absolute Gasteiger partial charge is 0.242 e. The van der Waals surface area contributed by atoms with E-state index in [9.17, 15) is 17.6 Å². The van der Waals surface area contributed by atoms with E-state index in [1.807, 2.05) is 0 Å². The summed E-state index contributed by atoms with van der Waals surface area (Å²) in [7, 11) is -2.18. The summed E-state index contributed by atoms with van der Waals surface area (Å²) in [5.41, 5.74) is 0. The molecule has 0 saturated heterocycles. The normalized spacial score (nSPS) is 16.3. The standard InChI is InChI=1S/C17H25FN2O3S/c1-20(24(22,23)16-11-9-14(18)10-12-16)13-5-8-17(21)19-15-6-3-2-4-7-15/h9-12,15H,2-8,13H2,1H3,(H,19,21). The number of hydrogen-bond donors (Lipinski definition) is 1. The van der Waals surface area contributed by atoms with E-state index in [0.717, 1.165) is 37.8 Å². The second kappa shape index (κ2) is 8.58. The van der Waals surface area contributed by atoms with Crippen LogP contribution >= 0.6 is 0 Å². The highest BCUT2D eigenvalue weighted by molar-refractivity contribution is 7.89. The molecule has 24 heavy (non-hydrogen) atoms. The average molecular weight is 356 g/mol. The van der Waals surface area contributed by atoms with Gasteiger partial charge in [-0.05, 0) is 43.5 Å². The second-order valence-corrected chi connectivity index (χ2v) is 8.33. The fourth-order valence-electron chi connectivity index (χ4n) is 2.92. The highest BCUT2D eigenvalue weighted by Crippen LogP contribution is 2.18. The fraction of sp³-hybridized carbons (Fsp3) is 0.588. The molecule has 5 nitrogen and oxygen atoms in total. The average Bonchev–Trinajstić information content (AvgIpc) is 2.56. The lowest BCUT2D eigenvalue weighted by Gasteiger charge is -2.23. The Morgan fingerprint density at radius 3 is 2.46 bits per heavy atom. The third kappa shape index (κ3) is 5.27. The molecule has 0 aromatic heterocycles. The van der Waals surface area contributed by atoms with Crippen molar-refractivity contribution in [3.8, 4) is 0 Å². The summed E-state index contributed by atoms with van der Waals surface area (Å²) in [4.78, 5) is 12.0. The molecule has 1 aromatic carbocycles. The first-order chi connectivity index (χ1) is 11.4. The third-order valence-corrected chi connectivity index (χ3v) is 6.24. The number of carbonyl (C=O) groups excluding carboxylic acids is 1. The zero-order valence-electron chi connectivity index (χ0n) is 14.0. The van der Waals surface area contributed by atoms with Gasteiger partial charge in [0.2, 0.25) is 15.9 Å². The second-order valence-electron chi connectivity index (χ2n) is 6.29. The Hall–Kier alpha value is -1.47. The van der Waals surface area contributed by atoms with Crippen LogP contribution in [0, 0.1) is 5.82 Å². The van der Waals surface area contributed by atoms with Gasteiger partial charge in [0.15, 0.2) is 0 Å². The Bertz CT molecular complexity index is 640. The Morgan fingerprint density at radius 2 is 1.83 bits per heavy atom. The van der Waals surface area contributed by atoms with E-state index in [2.05, 4.69) is 5.32 Å². The molecule has 134 valence electrons. The SMILES string of the molecule is CN(CCCC(=O)NC1CCCCC1)S(=O)(=O)c1ccc(F)cc1. The van der Waals surface area contributed by atoms with E-state index in [4.69, 9.17) is 0 Å². The monoisotopic (exact) mass is 356 g/mol. The van der Waals surface area contributed by atoms with Gasteiger partial charge in [0.25, 0.3) is 0 Å². The van der Waals surface area contributed by atoms with Crippen molar-refractivity contribution in [1.82, 2.24) is 9.62 Å². The van der Waals surface area contributed by atoms with Gasteiger partial charge in [0.1, 0.15) is 5.82 Å². The van der Waals surface area contributed by atoms with Crippen LogP contribution < -0.4 is 5.32 Å². The lowest BCUT2D eigenvalue weighted by atomic mass is 9.95. The minimum Gasteiger partial charge on any atom is -0.353 e. The molecular formula is C17H25FN2O3S. The van der Waals surface area contributed by atoms with Gasteiger partial charge in [0, 0.05) is 26.1 Å². The number of rotatable bonds is 7. The van der Waals surface area contributed by atoms with E-state index in [1.54, 1.807) is 0 Å². The molecule has 2 rings (SSSR count). The molecular weight excluding hydrogens is 331 g/mol. The predicted molar refractivity (Wildman–Crippen MR) is 90.5 cm³/mol. The third-order valence-electron chi connectivity index (χ3n) is 4.37. The van der Waals surface area contributed by atoms with Gasteiger partial charge >= 0.3 is 0 Å². The molecule has 0 atom stereocenters. The van der Waals surface area contributed by atoms with E-state index in [1.165, 1.54) is 29.9 Å². The first-order valence-corrected chi connectivity index (χ1v) is 9.85. The van der Waals surface area contributed by atoms with Crippen molar-refractivity contribution in [2.75, 3.05) is 13.6 Å². The van der Waals surface area contributed by atoms with Crippen LogP contribution in [-0.4, -0.2) is 38.3 Å². The fourth-order valence-corrected chi connectivity index (χ4v) is 4.13. The number of carbonyl (C=O) groups is 1. The van der Waals surface area contributed by atoms with Gasteiger partial charge < -0.3 is 5.32 Å². The topological polar surface area (TPSA) is 66.5 Å². The summed E-state index contributed by atoms with van der Waals surface area (Å²) < 4.78 is 38.8. The van der Waals surface area contributed by atoms with E-state index >= 15 is 0 Å². The van der Waals surface area contributed by atoms with Crippen molar-refractivity contribution in [1.29, 1.82) is 0 Å². The zero-order valence-corrected chi connectivity index (χ0v) is 14.8. The summed E-state index contributed by atoms with van der Waals surface area (Å²) in [6.45, 7) is 0.248. The molecule has 0 unspecified atom stereocenters. The van der Waals surface area contributed by atoms with Crippen molar-refractivity contribution < 1.29 is 17.6 Å². The van der Waals surface area contributed by atoms with Crippen LogP contribution in [0.25, 0.3) is 0 Å². The molecule has 1 aliphatic carbocycles. The molecule has 1 aromatic rings. The Labute approximate surface area is 143 Å². The van der Waals surface area contributed by atoms with Crippen LogP contribution in [0.4, 0.5) is 4.39 Å². The largest absolute Gasteiger partial charge is 0.353 e. The minimum absolute atomic E-state index is 0.0190. The van der Waals surface area contributed by atoms with Gasteiger partial charge in [-0.2, -0.15) is 0 Å². The molecule has 0 spiro atoms. The van der Waals surface area contributed by atoms with Crippen LogP contribution in [0.15, 0.2) is 29.2 Å². The quantitative estimate of drug-likeness (QED) is 0.817. The van der Waals surface area contributed by atoms with Crippen LogP contribution in [-0.2, 0) is 14.8 Å². The summed E-state index contributed by atoms with van der Waals surface area (Å²) in [5, 5.41) is 3.02. The molecule has 1 aliphatic rings. The van der Waals surface area contributed by atoms with Gasteiger partial charge in [-0.15, -0.1) is 0 Å². The molecule has 1 fully saturated rings. The maximum absolute atomic E-state index is 12.9. The van der Waals surface area contributed by atoms with Crippen LogP contribution in [0.2, 0.25) is 0 Å². The number of halogens is 1. The molecule has 1 N–H and O–H groups in total. The molecule has 1 amide bonds. The Balaban J connectivity index is 1.78. The van der Waals surface area contributed by atoms with Crippen LogP contribution in [0.3, 0.4) is 0 Å². The molecule has 1 saturated carbocycles. The Kier molecular flexibility index (Phi) is 6.74. The maximum atomic E-state index is 12.9. The van der Waals surface area contributed by atoms with Crippen LogP contribution in [0.1, 0.15) is 44.9 Å². The van der Waals surface area contributed by atoms with Crippen molar-refractivity contribution >= 4 is 15.9 Å². The highest BCUT2D eigenvalue weighted by Gasteiger charge is 2.21.